The van der Waals surface area contributed by atoms with Gasteiger partial charge in [-0.2, -0.15) is 0 Å². The molecule has 1 fully saturated rings. The highest BCUT2D eigenvalue weighted by atomic mass is 32.1. The van der Waals surface area contributed by atoms with Gasteiger partial charge in [-0.15, -0.1) is 21.5 Å². The Morgan fingerprint density at radius 1 is 1.33 bits per heavy atom. The van der Waals surface area contributed by atoms with Crippen molar-refractivity contribution in [3.8, 4) is 0 Å². The van der Waals surface area contributed by atoms with Crippen molar-refractivity contribution in [2.75, 3.05) is 13.1 Å². The summed E-state index contributed by atoms with van der Waals surface area (Å²) in [5.74, 6) is 0.902. The summed E-state index contributed by atoms with van der Waals surface area (Å²) in [7, 11) is 0. The fourth-order valence-corrected chi connectivity index (χ4v) is 2.75. The van der Waals surface area contributed by atoms with Gasteiger partial charge in [0.2, 0.25) is 0 Å². The molecule has 0 aromatic carbocycles. The van der Waals surface area contributed by atoms with E-state index >= 15 is 0 Å². The largest absolute Gasteiger partial charge is 0.317 e. The van der Waals surface area contributed by atoms with Crippen LogP contribution in [0.15, 0.2) is 0 Å². The first-order valence-electron chi connectivity index (χ1n) is 5.90. The van der Waals surface area contributed by atoms with Gasteiger partial charge in [0.1, 0.15) is 10.0 Å². The summed E-state index contributed by atoms with van der Waals surface area (Å²) in [6.07, 6.45) is 6.39. The van der Waals surface area contributed by atoms with Gasteiger partial charge in [0.25, 0.3) is 0 Å². The molecule has 1 heterocycles. The first-order valence-corrected chi connectivity index (χ1v) is 6.72. The molecule has 0 spiro atoms. The molecule has 0 bridgehead atoms. The lowest BCUT2D eigenvalue weighted by Gasteiger charge is -2.23. The average Bonchev–Trinajstić information content (AvgIpc) is 2.60. The molecule has 3 nitrogen and oxygen atoms in total. The van der Waals surface area contributed by atoms with Crippen molar-refractivity contribution in [3.63, 3.8) is 0 Å². The lowest BCUT2D eigenvalue weighted by molar-refractivity contribution is 0.313. The van der Waals surface area contributed by atoms with E-state index in [1.54, 1.807) is 11.3 Å². The van der Waals surface area contributed by atoms with Crippen molar-refractivity contribution in [1.29, 1.82) is 0 Å². The van der Waals surface area contributed by atoms with E-state index in [0.717, 1.165) is 25.4 Å². The van der Waals surface area contributed by atoms with Gasteiger partial charge in [-0.05, 0) is 12.5 Å². The Kier molecular flexibility index (Phi) is 4.09. The molecule has 0 saturated heterocycles. The summed E-state index contributed by atoms with van der Waals surface area (Å²) in [5, 5.41) is 14.2. The highest BCUT2D eigenvalue weighted by Gasteiger charge is 2.19. The van der Waals surface area contributed by atoms with Crippen LogP contribution in [0.2, 0.25) is 0 Å². The zero-order valence-electron chi connectivity index (χ0n) is 9.33. The zero-order valence-corrected chi connectivity index (χ0v) is 10.1. The van der Waals surface area contributed by atoms with E-state index < -0.39 is 0 Å². The molecule has 2 rings (SSSR count). The molecular weight excluding hydrogens is 206 g/mol. The molecule has 1 aliphatic carbocycles. The Labute approximate surface area is 95.3 Å². The Morgan fingerprint density at radius 2 is 2.13 bits per heavy atom. The third kappa shape index (κ3) is 3.24. The van der Waals surface area contributed by atoms with Crippen molar-refractivity contribution in [2.24, 2.45) is 5.92 Å². The van der Waals surface area contributed by atoms with Gasteiger partial charge in [0.15, 0.2) is 0 Å². The number of hydrogen-bond donors (Lipinski definition) is 1. The van der Waals surface area contributed by atoms with Gasteiger partial charge in [-0.3, -0.25) is 0 Å². The number of nitrogens with one attached hydrogen (secondary N) is 1. The summed E-state index contributed by atoms with van der Waals surface area (Å²) in [6.45, 7) is 4.18. The molecule has 4 heteroatoms. The van der Waals surface area contributed by atoms with Crippen LogP contribution >= 0.6 is 11.3 Å². The number of hydrogen-bond acceptors (Lipinski definition) is 4. The molecule has 0 atom stereocenters. The lowest BCUT2D eigenvalue weighted by atomic mass is 9.83. The standard InChI is InChI=1S/C11H19N3S/c1-2-12-7-6-10-13-14-11(15-10)8-9-4-3-5-9/h9,12H,2-8H2,1H3. The Bertz CT molecular complexity index is 294. The number of nitrogens with zero attached hydrogens (tertiary/aromatic N) is 2. The minimum Gasteiger partial charge on any atom is -0.317 e. The maximum atomic E-state index is 4.26. The van der Waals surface area contributed by atoms with Crippen LogP contribution < -0.4 is 5.32 Å². The van der Waals surface area contributed by atoms with Crippen molar-refractivity contribution in [3.05, 3.63) is 10.0 Å². The summed E-state index contributed by atoms with van der Waals surface area (Å²) >= 11 is 1.80. The summed E-state index contributed by atoms with van der Waals surface area (Å²) in [5.41, 5.74) is 0. The van der Waals surface area contributed by atoms with E-state index in [2.05, 4.69) is 22.4 Å². The molecule has 1 saturated carbocycles. The van der Waals surface area contributed by atoms with E-state index in [1.807, 2.05) is 0 Å². The van der Waals surface area contributed by atoms with Crippen molar-refractivity contribution < 1.29 is 0 Å². The predicted octanol–water partition coefficient (Wildman–Crippen LogP) is 2.03. The minimum atomic E-state index is 0.902. The molecule has 1 aromatic heterocycles. The normalized spacial score (nSPS) is 16.6. The van der Waals surface area contributed by atoms with Crippen LogP contribution in [-0.2, 0) is 12.8 Å². The maximum absolute atomic E-state index is 4.26. The smallest absolute Gasteiger partial charge is 0.118 e. The van der Waals surface area contributed by atoms with E-state index in [-0.39, 0.29) is 0 Å². The van der Waals surface area contributed by atoms with Crippen LogP contribution in [0.5, 0.6) is 0 Å². The topological polar surface area (TPSA) is 37.8 Å². The molecule has 15 heavy (non-hydrogen) atoms. The van der Waals surface area contributed by atoms with E-state index in [4.69, 9.17) is 0 Å². The van der Waals surface area contributed by atoms with Crippen LogP contribution in [0.1, 0.15) is 36.2 Å². The quantitative estimate of drug-likeness (QED) is 0.753. The lowest BCUT2D eigenvalue weighted by Crippen LogP contribution is -2.15. The van der Waals surface area contributed by atoms with Gasteiger partial charge >= 0.3 is 0 Å². The molecule has 1 N–H and O–H groups in total. The van der Waals surface area contributed by atoms with Crippen LogP contribution in [0.3, 0.4) is 0 Å². The van der Waals surface area contributed by atoms with Crippen LogP contribution in [0.25, 0.3) is 0 Å². The Morgan fingerprint density at radius 3 is 2.80 bits per heavy atom. The second kappa shape index (κ2) is 5.56. The van der Waals surface area contributed by atoms with Gasteiger partial charge in [-0.25, -0.2) is 0 Å². The first kappa shape index (κ1) is 11.0. The monoisotopic (exact) mass is 225 g/mol. The van der Waals surface area contributed by atoms with Gasteiger partial charge in [0.05, 0.1) is 0 Å². The predicted molar refractivity (Wildman–Crippen MR) is 63.2 cm³/mol. The molecular formula is C11H19N3S. The highest BCUT2D eigenvalue weighted by molar-refractivity contribution is 7.11. The second-order valence-electron chi connectivity index (χ2n) is 4.19. The second-order valence-corrected chi connectivity index (χ2v) is 5.34. The van der Waals surface area contributed by atoms with E-state index in [9.17, 15) is 0 Å². The number of likely N-dealkylation sites (N-methyl/N-ethyl adjacent to an activating group) is 1. The molecule has 0 amide bonds. The van der Waals surface area contributed by atoms with Crippen LogP contribution in [0.4, 0.5) is 0 Å². The van der Waals surface area contributed by atoms with E-state index in [1.165, 1.54) is 35.7 Å². The summed E-state index contributed by atoms with van der Waals surface area (Å²) in [4.78, 5) is 0. The van der Waals surface area contributed by atoms with Gasteiger partial charge in [-0.1, -0.05) is 26.2 Å². The Balaban J connectivity index is 1.75. The van der Waals surface area contributed by atoms with Crippen molar-refractivity contribution in [2.45, 2.75) is 39.0 Å². The fraction of sp³-hybridized carbons (Fsp3) is 0.818. The van der Waals surface area contributed by atoms with E-state index in [0.29, 0.717) is 0 Å². The first-order chi connectivity index (χ1) is 7.38. The fourth-order valence-electron chi connectivity index (χ4n) is 1.79. The van der Waals surface area contributed by atoms with Gasteiger partial charge < -0.3 is 5.32 Å². The number of aromatic nitrogens is 2. The molecule has 0 unspecified atom stereocenters. The SMILES string of the molecule is CCNCCc1nnc(CC2CCC2)s1. The number of rotatable bonds is 6. The molecule has 0 radical (unpaired) electrons. The molecule has 0 aliphatic heterocycles. The maximum Gasteiger partial charge on any atom is 0.118 e. The minimum absolute atomic E-state index is 0.902. The molecule has 1 aliphatic rings. The van der Waals surface area contributed by atoms with Crippen LogP contribution in [-0.4, -0.2) is 23.3 Å². The Hall–Kier alpha value is -0.480. The van der Waals surface area contributed by atoms with Gasteiger partial charge in [0, 0.05) is 19.4 Å². The molecule has 1 aromatic rings. The van der Waals surface area contributed by atoms with Crippen molar-refractivity contribution >= 4 is 11.3 Å². The third-order valence-electron chi connectivity index (χ3n) is 2.96. The molecule has 84 valence electrons. The summed E-state index contributed by atoms with van der Waals surface area (Å²) < 4.78 is 0. The van der Waals surface area contributed by atoms with Crippen LogP contribution in [0, 0.1) is 5.92 Å². The zero-order chi connectivity index (χ0) is 10.5. The summed E-state index contributed by atoms with van der Waals surface area (Å²) in [6, 6.07) is 0. The highest BCUT2D eigenvalue weighted by Crippen LogP contribution is 2.30. The average molecular weight is 225 g/mol. The van der Waals surface area contributed by atoms with Crippen molar-refractivity contribution in [1.82, 2.24) is 15.5 Å². The third-order valence-corrected chi connectivity index (χ3v) is 3.97.